The lowest BCUT2D eigenvalue weighted by Crippen LogP contribution is -2.54. The molecular weight excluding hydrogens is 286 g/mol. The average molecular weight is 311 g/mol. The van der Waals surface area contributed by atoms with Crippen LogP contribution in [0.5, 0.6) is 5.75 Å². The van der Waals surface area contributed by atoms with E-state index in [4.69, 9.17) is 9.47 Å². The summed E-state index contributed by atoms with van der Waals surface area (Å²) >= 11 is 0. The largest absolute Gasteiger partial charge is 0.494 e. The van der Waals surface area contributed by atoms with Gasteiger partial charge in [0.1, 0.15) is 0 Å². The predicted molar refractivity (Wildman–Crippen MR) is 82.0 cm³/mol. The molecule has 2 heterocycles. The Balaban J connectivity index is 2.10. The number of aromatic nitrogens is 2. The fraction of sp³-hybridized carbons (Fsp3) is 0.733. The standard InChI is InChI=1S/C15H25N3O4/c1-21-7-3-5-15(11-19)10-18(6-4-13(15)20)14-16-8-12(22-2)9-17-14/h8-9,13,19-20H,3-7,10-11H2,1-2H3/t13-,15+/m1/s1. The molecule has 1 aliphatic rings. The normalized spacial score (nSPS) is 25.3. The highest BCUT2D eigenvalue weighted by atomic mass is 16.5. The highest BCUT2D eigenvalue weighted by Gasteiger charge is 2.42. The number of aliphatic hydroxyl groups excluding tert-OH is 2. The van der Waals surface area contributed by atoms with Crippen LogP contribution >= 0.6 is 0 Å². The summed E-state index contributed by atoms with van der Waals surface area (Å²) in [5.41, 5.74) is -0.555. The van der Waals surface area contributed by atoms with Crippen molar-refractivity contribution in [1.82, 2.24) is 9.97 Å². The van der Waals surface area contributed by atoms with Crippen LogP contribution in [0.15, 0.2) is 12.4 Å². The van der Waals surface area contributed by atoms with Crippen molar-refractivity contribution >= 4 is 5.95 Å². The van der Waals surface area contributed by atoms with E-state index < -0.39 is 11.5 Å². The first kappa shape index (κ1) is 16.9. The second kappa shape index (κ2) is 7.71. The molecule has 124 valence electrons. The molecule has 0 amide bonds. The van der Waals surface area contributed by atoms with E-state index in [1.54, 1.807) is 26.6 Å². The molecule has 1 saturated heterocycles. The van der Waals surface area contributed by atoms with E-state index in [1.807, 2.05) is 4.90 Å². The maximum Gasteiger partial charge on any atom is 0.225 e. The fourth-order valence-electron chi connectivity index (χ4n) is 2.95. The summed E-state index contributed by atoms with van der Waals surface area (Å²) in [6.45, 7) is 1.75. The first-order valence-corrected chi connectivity index (χ1v) is 7.54. The molecule has 2 rings (SSSR count). The van der Waals surface area contributed by atoms with Gasteiger partial charge in [-0.25, -0.2) is 9.97 Å². The Kier molecular flexibility index (Phi) is 5.93. The smallest absolute Gasteiger partial charge is 0.225 e. The van der Waals surface area contributed by atoms with Crippen molar-refractivity contribution in [2.24, 2.45) is 5.41 Å². The number of piperidine rings is 1. The van der Waals surface area contributed by atoms with E-state index in [0.717, 1.165) is 6.42 Å². The molecule has 0 bridgehead atoms. The quantitative estimate of drug-likeness (QED) is 0.707. The van der Waals surface area contributed by atoms with Crippen molar-refractivity contribution < 1.29 is 19.7 Å². The summed E-state index contributed by atoms with van der Waals surface area (Å²) in [7, 11) is 3.22. The number of hydrogen-bond donors (Lipinski definition) is 2. The van der Waals surface area contributed by atoms with E-state index in [0.29, 0.717) is 44.2 Å². The molecule has 0 aromatic carbocycles. The Hall–Kier alpha value is -1.44. The van der Waals surface area contributed by atoms with Gasteiger partial charge in [-0.2, -0.15) is 0 Å². The van der Waals surface area contributed by atoms with Gasteiger partial charge in [0.25, 0.3) is 0 Å². The maximum atomic E-state index is 10.4. The minimum Gasteiger partial charge on any atom is -0.494 e. The first-order valence-electron chi connectivity index (χ1n) is 7.54. The third-order valence-electron chi connectivity index (χ3n) is 4.36. The number of rotatable bonds is 7. The van der Waals surface area contributed by atoms with Crippen molar-refractivity contribution in [3.63, 3.8) is 0 Å². The van der Waals surface area contributed by atoms with E-state index in [9.17, 15) is 10.2 Å². The summed E-state index contributed by atoms with van der Waals surface area (Å²) in [6, 6.07) is 0. The second-order valence-corrected chi connectivity index (χ2v) is 5.77. The van der Waals surface area contributed by atoms with Gasteiger partial charge in [-0.1, -0.05) is 0 Å². The highest BCUT2D eigenvalue weighted by Crippen LogP contribution is 2.35. The Morgan fingerprint density at radius 2 is 2.09 bits per heavy atom. The van der Waals surface area contributed by atoms with Gasteiger partial charge in [-0.05, 0) is 19.3 Å². The van der Waals surface area contributed by atoms with Gasteiger partial charge in [0.15, 0.2) is 5.75 Å². The summed E-state index contributed by atoms with van der Waals surface area (Å²) in [6.07, 6.45) is 4.81. The zero-order valence-electron chi connectivity index (χ0n) is 13.2. The second-order valence-electron chi connectivity index (χ2n) is 5.77. The highest BCUT2D eigenvalue weighted by molar-refractivity contribution is 5.33. The number of hydrogen-bond acceptors (Lipinski definition) is 7. The van der Waals surface area contributed by atoms with Crippen molar-refractivity contribution in [3.05, 3.63) is 12.4 Å². The molecule has 2 N–H and O–H groups in total. The number of anilines is 1. The number of methoxy groups -OCH3 is 2. The molecule has 0 radical (unpaired) electrons. The van der Waals surface area contributed by atoms with Crippen LogP contribution in [-0.2, 0) is 4.74 Å². The van der Waals surface area contributed by atoms with Gasteiger partial charge in [0, 0.05) is 32.2 Å². The molecule has 7 heteroatoms. The van der Waals surface area contributed by atoms with Crippen molar-refractivity contribution in [2.75, 3.05) is 45.4 Å². The molecule has 22 heavy (non-hydrogen) atoms. The van der Waals surface area contributed by atoms with Gasteiger partial charge >= 0.3 is 0 Å². The van der Waals surface area contributed by atoms with Gasteiger partial charge in [0.2, 0.25) is 5.95 Å². The summed E-state index contributed by atoms with van der Waals surface area (Å²) in [5, 5.41) is 20.2. The molecule has 1 aromatic heterocycles. The van der Waals surface area contributed by atoms with Crippen LogP contribution < -0.4 is 9.64 Å². The lowest BCUT2D eigenvalue weighted by molar-refractivity contribution is -0.0389. The van der Waals surface area contributed by atoms with Crippen LogP contribution in [0.1, 0.15) is 19.3 Å². The minimum atomic E-state index is -0.555. The van der Waals surface area contributed by atoms with Gasteiger partial charge in [-0.3, -0.25) is 0 Å². The number of aliphatic hydroxyl groups is 2. The molecule has 1 fully saturated rings. The molecule has 0 aliphatic carbocycles. The molecule has 1 aliphatic heterocycles. The summed E-state index contributed by atoms with van der Waals surface area (Å²) in [4.78, 5) is 10.6. The molecule has 7 nitrogen and oxygen atoms in total. The van der Waals surface area contributed by atoms with E-state index in [-0.39, 0.29) is 6.61 Å². The zero-order valence-corrected chi connectivity index (χ0v) is 13.2. The average Bonchev–Trinajstić information content (AvgIpc) is 2.57. The van der Waals surface area contributed by atoms with Crippen molar-refractivity contribution in [1.29, 1.82) is 0 Å². The zero-order chi connectivity index (χ0) is 16.0. The molecule has 1 aromatic rings. The maximum absolute atomic E-state index is 10.4. The minimum absolute atomic E-state index is 0.0649. The Bertz CT molecular complexity index is 457. The van der Waals surface area contributed by atoms with Crippen molar-refractivity contribution in [2.45, 2.75) is 25.4 Å². The van der Waals surface area contributed by atoms with Crippen LogP contribution in [0, 0.1) is 5.41 Å². The van der Waals surface area contributed by atoms with Gasteiger partial charge in [0.05, 0.1) is 32.2 Å². The lowest BCUT2D eigenvalue weighted by Gasteiger charge is -2.45. The van der Waals surface area contributed by atoms with Crippen LogP contribution in [-0.4, -0.2) is 66.8 Å². The molecule has 2 atom stereocenters. The molecule has 0 saturated carbocycles. The topological polar surface area (TPSA) is 87.9 Å². The molecular formula is C15H25N3O4. The van der Waals surface area contributed by atoms with Crippen LogP contribution in [0.4, 0.5) is 5.95 Å². The molecule has 0 unspecified atom stereocenters. The first-order chi connectivity index (χ1) is 10.6. The Morgan fingerprint density at radius 1 is 1.36 bits per heavy atom. The lowest BCUT2D eigenvalue weighted by atomic mass is 9.74. The van der Waals surface area contributed by atoms with Crippen LogP contribution in [0.2, 0.25) is 0 Å². The van der Waals surface area contributed by atoms with E-state index >= 15 is 0 Å². The van der Waals surface area contributed by atoms with Crippen LogP contribution in [0.3, 0.4) is 0 Å². The number of nitrogens with zero attached hydrogens (tertiary/aromatic N) is 3. The van der Waals surface area contributed by atoms with Gasteiger partial charge in [-0.15, -0.1) is 0 Å². The monoisotopic (exact) mass is 311 g/mol. The van der Waals surface area contributed by atoms with Crippen LogP contribution in [0.25, 0.3) is 0 Å². The van der Waals surface area contributed by atoms with Gasteiger partial charge < -0.3 is 24.6 Å². The third kappa shape index (κ3) is 3.66. The van der Waals surface area contributed by atoms with E-state index in [1.165, 1.54) is 0 Å². The Labute approximate surface area is 130 Å². The summed E-state index contributed by atoms with van der Waals surface area (Å²) < 4.78 is 10.1. The number of ether oxygens (including phenoxy) is 2. The third-order valence-corrected chi connectivity index (χ3v) is 4.36. The van der Waals surface area contributed by atoms with Crippen molar-refractivity contribution in [3.8, 4) is 5.75 Å². The predicted octanol–water partition coefficient (Wildman–Crippen LogP) is 0.461. The Morgan fingerprint density at radius 3 is 2.68 bits per heavy atom. The SMILES string of the molecule is COCCC[C@@]1(CO)CN(c2ncc(OC)cn2)CC[C@H]1O. The fourth-order valence-corrected chi connectivity index (χ4v) is 2.95. The van der Waals surface area contributed by atoms with E-state index in [2.05, 4.69) is 9.97 Å². The molecule has 0 spiro atoms. The summed E-state index contributed by atoms with van der Waals surface area (Å²) in [5.74, 6) is 1.20.